The first-order valence-corrected chi connectivity index (χ1v) is 8.49. The SMILES string of the molecule is O=[N+]([O-])c1ccc(NN=Cc2ccccc2OCc2ccc(Cl)cc2)cc1. The molecule has 0 unspecified atom stereocenters. The van der Waals surface area contributed by atoms with Gasteiger partial charge in [0.25, 0.3) is 5.69 Å². The molecule has 1 N–H and O–H groups in total. The van der Waals surface area contributed by atoms with E-state index in [2.05, 4.69) is 10.5 Å². The largest absolute Gasteiger partial charge is 0.488 e. The molecule has 0 amide bonds. The van der Waals surface area contributed by atoms with Gasteiger partial charge in [-0.1, -0.05) is 35.9 Å². The maximum absolute atomic E-state index is 10.7. The summed E-state index contributed by atoms with van der Waals surface area (Å²) < 4.78 is 5.87. The molecule has 6 nitrogen and oxygen atoms in total. The monoisotopic (exact) mass is 381 g/mol. The highest BCUT2D eigenvalue weighted by atomic mass is 35.5. The Hall–Kier alpha value is -3.38. The summed E-state index contributed by atoms with van der Waals surface area (Å²) in [6, 6.07) is 21.0. The van der Waals surface area contributed by atoms with Gasteiger partial charge < -0.3 is 4.74 Å². The predicted molar refractivity (Wildman–Crippen MR) is 107 cm³/mol. The summed E-state index contributed by atoms with van der Waals surface area (Å²) in [4.78, 5) is 10.2. The van der Waals surface area contributed by atoms with Crippen LogP contribution in [0.1, 0.15) is 11.1 Å². The molecule has 7 heteroatoms. The number of para-hydroxylation sites is 1. The summed E-state index contributed by atoms with van der Waals surface area (Å²) >= 11 is 5.89. The van der Waals surface area contributed by atoms with Crippen LogP contribution in [-0.2, 0) is 6.61 Å². The minimum Gasteiger partial charge on any atom is -0.488 e. The molecular weight excluding hydrogens is 366 g/mol. The van der Waals surface area contributed by atoms with Crippen molar-refractivity contribution < 1.29 is 9.66 Å². The summed E-state index contributed by atoms with van der Waals surface area (Å²) in [5, 5.41) is 15.5. The fourth-order valence-corrected chi connectivity index (χ4v) is 2.42. The van der Waals surface area contributed by atoms with Crippen molar-refractivity contribution in [3.05, 3.63) is 99.1 Å². The van der Waals surface area contributed by atoms with Gasteiger partial charge in [-0.15, -0.1) is 0 Å². The van der Waals surface area contributed by atoms with Gasteiger partial charge in [-0.05, 0) is 42.0 Å². The van der Waals surface area contributed by atoms with E-state index in [0.29, 0.717) is 23.1 Å². The Labute approximate surface area is 161 Å². The van der Waals surface area contributed by atoms with Crippen LogP contribution in [-0.4, -0.2) is 11.1 Å². The van der Waals surface area contributed by atoms with Crippen molar-refractivity contribution in [1.82, 2.24) is 0 Å². The lowest BCUT2D eigenvalue weighted by Crippen LogP contribution is -1.99. The molecule has 0 saturated heterocycles. The summed E-state index contributed by atoms with van der Waals surface area (Å²) in [7, 11) is 0. The zero-order chi connectivity index (χ0) is 19.1. The molecule has 3 rings (SSSR count). The number of nitrogens with zero attached hydrogens (tertiary/aromatic N) is 2. The van der Waals surface area contributed by atoms with Crippen LogP contribution in [0.4, 0.5) is 11.4 Å². The fraction of sp³-hybridized carbons (Fsp3) is 0.0500. The average molecular weight is 382 g/mol. The van der Waals surface area contributed by atoms with Crippen LogP contribution in [0.2, 0.25) is 5.02 Å². The average Bonchev–Trinajstić information content (AvgIpc) is 2.69. The third-order valence-corrected chi connectivity index (χ3v) is 3.95. The van der Waals surface area contributed by atoms with E-state index in [9.17, 15) is 10.1 Å². The first kappa shape index (κ1) is 18.4. The summed E-state index contributed by atoms with van der Waals surface area (Å²) in [6.45, 7) is 0.414. The highest BCUT2D eigenvalue weighted by Crippen LogP contribution is 2.19. The Balaban J connectivity index is 1.63. The number of nitro groups is 1. The maximum Gasteiger partial charge on any atom is 0.269 e. The van der Waals surface area contributed by atoms with Crippen molar-refractivity contribution in [2.75, 3.05) is 5.43 Å². The molecule has 0 bridgehead atoms. The van der Waals surface area contributed by atoms with Gasteiger partial charge in [0.05, 0.1) is 16.8 Å². The number of hydrazone groups is 1. The van der Waals surface area contributed by atoms with E-state index in [1.807, 2.05) is 48.5 Å². The number of non-ortho nitro benzene ring substituents is 1. The van der Waals surface area contributed by atoms with E-state index in [4.69, 9.17) is 16.3 Å². The number of anilines is 1. The Morgan fingerprint density at radius 3 is 2.44 bits per heavy atom. The van der Waals surface area contributed by atoms with Crippen LogP contribution < -0.4 is 10.2 Å². The van der Waals surface area contributed by atoms with E-state index in [-0.39, 0.29) is 5.69 Å². The van der Waals surface area contributed by atoms with Crippen LogP contribution in [0.25, 0.3) is 0 Å². The van der Waals surface area contributed by atoms with Crippen LogP contribution in [0.3, 0.4) is 0 Å². The molecular formula is C20H16ClN3O3. The van der Waals surface area contributed by atoms with Crippen molar-refractivity contribution in [3.63, 3.8) is 0 Å². The minimum absolute atomic E-state index is 0.0328. The second-order valence-electron chi connectivity index (χ2n) is 5.63. The van der Waals surface area contributed by atoms with Gasteiger partial charge in [0.2, 0.25) is 0 Å². The molecule has 136 valence electrons. The lowest BCUT2D eigenvalue weighted by molar-refractivity contribution is -0.384. The Morgan fingerprint density at radius 2 is 1.74 bits per heavy atom. The molecule has 3 aromatic rings. The molecule has 0 aliphatic rings. The van der Waals surface area contributed by atoms with Crippen molar-refractivity contribution in [3.8, 4) is 5.75 Å². The van der Waals surface area contributed by atoms with E-state index in [0.717, 1.165) is 11.1 Å². The standard InChI is InChI=1S/C20H16ClN3O3/c21-17-7-5-15(6-8-17)14-27-20-4-2-1-3-16(20)13-22-23-18-9-11-19(12-10-18)24(25)26/h1-13,23H,14H2. The van der Waals surface area contributed by atoms with Gasteiger partial charge in [-0.2, -0.15) is 5.10 Å². The molecule has 0 fully saturated rings. The van der Waals surface area contributed by atoms with Crippen LogP contribution in [0.15, 0.2) is 77.9 Å². The molecule has 0 heterocycles. The number of hydrogen-bond donors (Lipinski definition) is 1. The van der Waals surface area contributed by atoms with E-state index in [1.165, 1.54) is 12.1 Å². The highest BCUT2D eigenvalue weighted by Gasteiger charge is 2.04. The van der Waals surface area contributed by atoms with Crippen LogP contribution in [0, 0.1) is 10.1 Å². The number of nitrogens with one attached hydrogen (secondary N) is 1. The smallest absolute Gasteiger partial charge is 0.269 e. The van der Waals surface area contributed by atoms with Gasteiger partial charge in [-0.25, -0.2) is 0 Å². The van der Waals surface area contributed by atoms with E-state index < -0.39 is 4.92 Å². The lowest BCUT2D eigenvalue weighted by Gasteiger charge is -2.09. The van der Waals surface area contributed by atoms with Crippen molar-refractivity contribution >= 4 is 29.2 Å². The van der Waals surface area contributed by atoms with Gasteiger partial charge >= 0.3 is 0 Å². The number of rotatable bonds is 7. The molecule has 3 aromatic carbocycles. The van der Waals surface area contributed by atoms with Crippen molar-refractivity contribution in [2.24, 2.45) is 5.10 Å². The summed E-state index contributed by atoms with van der Waals surface area (Å²) in [5.74, 6) is 0.696. The minimum atomic E-state index is -0.443. The van der Waals surface area contributed by atoms with Crippen molar-refractivity contribution in [1.29, 1.82) is 0 Å². The second-order valence-corrected chi connectivity index (χ2v) is 6.06. The number of benzene rings is 3. The number of hydrogen-bond acceptors (Lipinski definition) is 5. The molecule has 0 radical (unpaired) electrons. The zero-order valence-electron chi connectivity index (χ0n) is 14.2. The normalized spacial score (nSPS) is 10.7. The third kappa shape index (κ3) is 5.29. The molecule has 0 spiro atoms. The van der Waals surface area contributed by atoms with Crippen LogP contribution >= 0.6 is 11.6 Å². The maximum atomic E-state index is 10.7. The Bertz CT molecular complexity index is 941. The van der Waals surface area contributed by atoms with Gasteiger partial charge in [-0.3, -0.25) is 15.5 Å². The van der Waals surface area contributed by atoms with E-state index in [1.54, 1.807) is 18.3 Å². The molecule has 0 aliphatic carbocycles. The highest BCUT2D eigenvalue weighted by molar-refractivity contribution is 6.30. The molecule has 27 heavy (non-hydrogen) atoms. The van der Waals surface area contributed by atoms with Gasteiger partial charge in [0.1, 0.15) is 12.4 Å². The molecule has 0 atom stereocenters. The third-order valence-electron chi connectivity index (χ3n) is 3.70. The first-order chi connectivity index (χ1) is 13.1. The fourth-order valence-electron chi connectivity index (χ4n) is 2.29. The Morgan fingerprint density at radius 1 is 1.04 bits per heavy atom. The van der Waals surface area contributed by atoms with Gasteiger partial charge in [0.15, 0.2) is 0 Å². The van der Waals surface area contributed by atoms with Crippen molar-refractivity contribution in [2.45, 2.75) is 6.61 Å². The topological polar surface area (TPSA) is 76.8 Å². The Kier molecular flexibility index (Phi) is 6.02. The van der Waals surface area contributed by atoms with Crippen LogP contribution in [0.5, 0.6) is 5.75 Å². The lowest BCUT2D eigenvalue weighted by atomic mass is 10.2. The first-order valence-electron chi connectivity index (χ1n) is 8.11. The van der Waals surface area contributed by atoms with Gasteiger partial charge in [0, 0.05) is 22.7 Å². The zero-order valence-corrected chi connectivity index (χ0v) is 15.0. The molecule has 0 aliphatic heterocycles. The number of ether oxygens (including phenoxy) is 1. The summed E-state index contributed by atoms with van der Waals surface area (Å²) in [6.07, 6.45) is 1.64. The molecule has 0 aromatic heterocycles. The second kappa shape index (κ2) is 8.82. The number of nitro benzene ring substituents is 1. The number of halogens is 1. The quantitative estimate of drug-likeness (QED) is 0.343. The predicted octanol–water partition coefficient (Wildman–Crippen LogP) is 5.27. The van der Waals surface area contributed by atoms with E-state index >= 15 is 0 Å². The summed E-state index contributed by atoms with van der Waals surface area (Å²) in [5.41, 5.74) is 5.34. The molecule has 0 saturated carbocycles.